The summed E-state index contributed by atoms with van der Waals surface area (Å²) in [6, 6.07) is 16.7. The van der Waals surface area contributed by atoms with E-state index in [2.05, 4.69) is 4.72 Å². The van der Waals surface area contributed by atoms with Gasteiger partial charge in [-0.15, -0.1) is 0 Å². The molecule has 0 bridgehead atoms. The average molecular weight is 263 g/mol. The maximum Gasteiger partial charge on any atom is 0.357 e. The summed E-state index contributed by atoms with van der Waals surface area (Å²) in [5.74, 6) is 0. The van der Waals surface area contributed by atoms with Crippen LogP contribution in [0.25, 0.3) is 0 Å². The van der Waals surface area contributed by atoms with Crippen LogP contribution in [-0.4, -0.2) is 13.0 Å². The Morgan fingerprint density at radius 2 is 1.56 bits per heavy atom. The lowest BCUT2D eigenvalue weighted by Gasteiger charge is -2.09. The number of hydrogen-bond acceptors (Lipinski definition) is 2. The Labute approximate surface area is 106 Å². The Morgan fingerprint density at radius 3 is 2.22 bits per heavy atom. The van der Waals surface area contributed by atoms with Crippen molar-refractivity contribution in [3.8, 4) is 0 Å². The minimum Gasteiger partial charge on any atom is -0.269 e. The van der Waals surface area contributed by atoms with Gasteiger partial charge in [-0.05, 0) is 23.6 Å². The molecule has 2 N–H and O–H groups in total. The molecule has 2 aromatic carbocycles. The van der Waals surface area contributed by atoms with Gasteiger partial charge in [0.05, 0.1) is 5.69 Å². The summed E-state index contributed by atoms with van der Waals surface area (Å²) in [4.78, 5) is 0. The van der Waals surface area contributed by atoms with Gasteiger partial charge < -0.3 is 0 Å². The summed E-state index contributed by atoms with van der Waals surface area (Å²) in [5, 5.41) is 0. The minimum atomic E-state index is -4.24. The highest BCUT2D eigenvalue weighted by Gasteiger charge is 2.08. The van der Waals surface area contributed by atoms with Crippen LogP contribution in [-0.2, 0) is 16.7 Å². The van der Waals surface area contributed by atoms with Crippen molar-refractivity contribution in [3.05, 3.63) is 65.7 Å². The molecule has 5 heteroatoms. The molecule has 0 spiro atoms. The van der Waals surface area contributed by atoms with Crippen LogP contribution in [0.4, 0.5) is 5.69 Å². The number of rotatable bonds is 4. The third-order valence-corrected chi connectivity index (χ3v) is 2.97. The zero-order valence-electron chi connectivity index (χ0n) is 9.58. The number of hydrogen-bond donors (Lipinski definition) is 2. The van der Waals surface area contributed by atoms with E-state index < -0.39 is 10.3 Å². The van der Waals surface area contributed by atoms with Gasteiger partial charge in [-0.1, -0.05) is 48.5 Å². The van der Waals surface area contributed by atoms with Crippen molar-refractivity contribution < 1.29 is 13.0 Å². The highest BCUT2D eigenvalue weighted by molar-refractivity contribution is 7.87. The van der Waals surface area contributed by atoms with Crippen molar-refractivity contribution >= 4 is 16.0 Å². The van der Waals surface area contributed by atoms with E-state index in [1.165, 1.54) is 0 Å². The van der Waals surface area contributed by atoms with E-state index >= 15 is 0 Å². The third kappa shape index (κ3) is 3.58. The lowest BCUT2D eigenvalue weighted by Crippen LogP contribution is -2.12. The quantitative estimate of drug-likeness (QED) is 0.833. The predicted octanol–water partition coefficient (Wildman–Crippen LogP) is 2.49. The fraction of sp³-hybridized carbons (Fsp3) is 0.0769. The molecule has 2 rings (SSSR count). The SMILES string of the molecule is O=S(=O)(O)Nc1ccccc1Cc1ccccc1. The smallest absolute Gasteiger partial charge is 0.269 e. The fourth-order valence-corrected chi connectivity index (χ4v) is 2.21. The molecule has 18 heavy (non-hydrogen) atoms. The van der Waals surface area contributed by atoms with E-state index in [1.807, 2.05) is 42.5 Å². The Morgan fingerprint density at radius 1 is 0.944 bits per heavy atom. The molecule has 0 fully saturated rings. The highest BCUT2D eigenvalue weighted by atomic mass is 32.2. The van der Waals surface area contributed by atoms with Gasteiger partial charge in [0.1, 0.15) is 0 Å². The molecule has 0 amide bonds. The first-order valence-corrected chi connectivity index (χ1v) is 6.86. The maximum atomic E-state index is 10.8. The zero-order chi connectivity index (χ0) is 13.0. The molecule has 4 nitrogen and oxygen atoms in total. The monoisotopic (exact) mass is 263 g/mol. The van der Waals surface area contributed by atoms with Crippen molar-refractivity contribution in [2.75, 3.05) is 4.72 Å². The van der Waals surface area contributed by atoms with Gasteiger partial charge in [-0.3, -0.25) is 9.27 Å². The molecule has 0 aliphatic carbocycles. The first-order valence-electron chi connectivity index (χ1n) is 5.42. The van der Waals surface area contributed by atoms with Gasteiger partial charge in [-0.25, -0.2) is 0 Å². The predicted molar refractivity (Wildman–Crippen MR) is 70.9 cm³/mol. The molecule has 2 aromatic rings. The normalized spacial score (nSPS) is 11.2. The van der Waals surface area contributed by atoms with E-state index in [-0.39, 0.29) is 0 Å². The molecule has 0 atom stereocenters. The minimum absolute atomic E-state index is 0.392. The topological polar surface area (TPSA) is 66.4 Å². The summed E-state index contributed by atoms with van der Waals surface area (Å²) in [6.45, 7) is 0. The summed E-state index contributed by atoms with van der Waals surface area (Å²) in [5.41, 5.74) is 2.27. The van der Waals surface area contributed by atoms with Crippen LogP contribution in [0, 0.1) is 0 Å². The van der Waals surface area contributed by atoms with Gasteiger partial charge in [-0.2, -0.15) is 8.42 Å². The second kappa shape index (κ2) is 5.20. The van der Waals surface area contributed by atoms with Gasteiger partial charge in [0, 0.05) is 0 Å². The van der Waals surface area contributed by atoms with Gasteiger partial charge >= 0.3 is 10.3 Å². The summed E-state index contributed by atoms with van der Waals surface area (Å²) in [6.07, 6.45) is 0.597. The molecular formula is C13H13NO3S. The number of anilines is 1. The van der Waals surface area contributed by atoms with Crippen molar-refractivity contribution in [1.29, 1.82) is 0 Å². The van der Waals surface area contributed by atoms with Crippen molar-refractivity contribution in [2.45, 2.75) is 6.42 Å². The van der Waals surface area contributed by atoms with E-state index in [9.17, 15) is 8.42 Å². The molecule has 0 aromatic heterocycles. The van der Waals surface area contributed by atoms with Crippen LogP contribution in [0.5, 0.6) is 0 Å². The molecule has 0 saturated carbocycles. The Balaban J connectivity index is 2.28. The van der Waals surface area contributed by atoms with Crippen LogP contribution in [0.15, 0.2) is 54.6 Å². The van der Waals surface area contributed by atoms with Gasteiger partial charge in [0.25, 0.3) is 0 Å². The second-order valence-electron chi connectivity index (χ2n) is 3.90. The van der Waals surface area contributed by atoms with Gasteiger partial charge in [0.2, 0.25) is 0 Å². The summed E-state index contributed by atoms with van der Waals surface area (Å²) in [7, 11) is -4.24. The molecule has 0 unspecified atom stereocenters. The molecule has 0 aliphatic rings. The number of para-hydroxylation sites is 1. The number of benzene rings is 2. The molecular weight excluding hydrogens is 250 g/mol. The maximum absolute atomic E-state index is 10.8. The van der Waals surface area contributed by atoms with Crippen LogP contribution >= 0.6 is 0 Å². The van der Waals surface area contributed by atoms with E-state index in [0.717, 1.165) is 11.1 Å². The molecule has 94 valence electrons. The zero-order valence-corrected chi connectivity index (χ0v) is 10.4. The highest BCUT2D eigenvalue weighted by Crippen LogP contribution is 2.19. The van der Waals surface area contributed by atoms with E-state index in [4.69, 9.17) is 4.55 Å². The van der Waals surface area contributed by atoms with Crippen LogP contribution in [0.1, 0.15) is 11.1 Å². The molecule has 0 saturated heterocycles. The van der Waals surface area contributed by atoms with E-state index in [1.54, 1.807) is 12.1 Å². The molecule has 0 heterocycles. The van der Waals surface area contributed by atoms with Crippen molar-refractivity contribution in [1.82, 2.24) is 0 Å². The first kappa shape index (κ1) is 12.6. The van der Waals surface area contributed by atoms with Crippen LogP contribution < -0.4 is 4.72 Å². The lowest BCUT2D eigenvalue weighted by atomic mass is 10.0. The standard InChI is InChI=1S/C13H13NO3S/c15-18(16,17)14-13-9-5-4-8-12(13)10-11-6-2-1-3-7-11/h1-9,14H,10H2,(H,15,16,17). The Bertz CT molecular complexity index is 624. The fourth-order valence-electron chi connectivity index (χ4n) is 1.73. The second-order valence-corrected chi connectivity index (χ2v) is 5.05. The molecule has 0 aliphatic heterocycles. The molecule has 0 radical (unpaired) electrons. The van der Waals surface area contributed by atoms with Crippen LogP contribution in [0.3, 0.4) is 0 Å². The summed E-state index contributed by atoms with van der Waals surface area (Å²) < 4.78 is 32.6. The Hall–Kier alpha value is -1.85. The largest absolute Gasteiger partial charge is 0.357 e. The van der Waals surface area contributed by atoms with Crippen molar-refractivity contribution in [2.24, 2.45) is 0 Å². The third-order valence-electron chi connectivity index (χ3n) is 2.49. The summed E-state index contributed by atoms with van der Waals surface area (Å²) >= 11 is 0. The van der Waals surface area contributed by atoms with Crippen molar-refractivity contribution in [3.63, 3.8) is 0 Å². The van der Waals surface area contributed by atoms with Crippen LogP contribution in [0.2, 0.25) is 0 Å². The lowest BCUT2D eigenvalue weighted by molar-refractivity contribution is 0.489. The first-order chi connectivity index (χ1) is 8.54. The van der Waals surface area contributed by atoms with Gasteiger partial charge in [0.15, 0.2) is 0 Å². The number of nitrogens with one attached hydrogen (secondary N) is 1. The average Bonchev–Trinajstić information content (AvgIpc) is 2.31. The Kier molecular flexibility index (Phi) is 3.64. The van der Waals surface area contributed by atoms with E-state index in [0.29, 0.717) is 12.1 Å².